The molecule has 2 aliphatic rings. The molecular formula is C23H27NO4. The molecule has 1 N–H and O–H groups in total. The molecule has 1 aliphatic carbocycles. The third-order valence-corrected chi connectivity index (χ3v) is 5.29. The second-order valence-electron chi connectivity index (χ2n) is 7.48. The van der Waals surface area contributed by atoms with Crippen LogP contribution in [0.4, 0.5) is 0 Å². The van der Waals surface area contributed by atoms with E-state index in [1.807, 2.05) is 25.1 Å². The van der Waals surface area contributed by atoms with Crippen LogP contribution in [0.2, 0.25) is 0 Å². The Morgan fingerprint density at radius 2 is 2.00 bits per heavy atom. The van der Waals surface area contributed by atoms with Gasteiger partial charge in [0.15, 0.2) is 6.61 Å². The summed E-state index contributed by atoms with van der Waals surface area (Å²) >= 11 is 0. The first-order valence-electron chi connectivity index (χ1n) is 10.1. The van der Waals surface area contributed by atoms with Crippen molar-refractivity contribution in [3.63, 3.8) is 0 Å². The highest BCUT2D eigenvalue weighted by Gasteiger charge is 2.22. The monoisotopic (exact) mass is 381 g/mol. The van der Waals surface area contributed by atoms with Crippen molar-refractivity contribution >= 4 is 5.91 Å². The molecule has 28 heavy (non-hydrogen) atoms. The van der Waals surface area contributed by atoms with E-state index in [9.17, 15) is 4.79 Å². The van der Waals surface area contributed by atoms with Gasteiger partial charge < -0.3 is 19.5 Å². The van der Waals surface area contributed by atoms with E-state index in [0.717, 1.165) is 47.6 Å². The lowest BCUT2D eigenvalue weighted by atomic mass is 10.1. The van der Waals surface area contributed by atoms with Crippen molar-refractivity contribution in [2.75, 3.05) is 13.2 Å². The molecule has 5 nitrogen and oxygen atoms in total. The number of hydrogen-bond donors (Lipinski definition) is 1. The van der Waals surface area contributed by atoms with Crippen molar-refractivity contribution in [2.24, 2.45) is 0 Å². The third-order valence-electron chi connectivity index (χ3n) is 5.29. The van der Waals surface area contributed by atoms with E-state index in [1.165, 1.54) is 17.5 Å². The zero-order valence-corrected chi connectivity index (χ0v) is 16.5. The van der Waals surface area contributed by atoms with Gasteiger partial charge in [0, 0.05) is 24.1 Å². The summed E-state index contributed by atoms with van der Waals surface area (Å²) in [5.74, 6) is 2.29. The quantitative estimate of drug-likeness (QED) is 0.796. The first-order valence-corrected chi connectivity index (χ1v) is 10.1. The van der Waals surface area contributed by atoms with Gasteiger partial charge in [0.2, 0.25) is 0 Å². The summed E-state index contributed by atoms with van der Waals surface area (Å²) in [6, 6.07) is 10.1. The number of carbonyl (C=O) groups is 1. The average Bonchev–Trinajstić information content (AvgIpc) is 3.29. The molecule has 0 aromatic heterocycles. The van der Waals surface area contributed by atoms with Gasteiger partial charge in [-0.05, 0) is 68.5 Å². The van der Waals surface area contributed by atoms with E-state index in [-0.39, 0.29) is 18.6 Å². The Morgan fingerprint density at radius 1 is 1.14 bits per heavy atom. The Kier molecular flexibility index (Phi) is 5.42. The van der Waals surface area contributed by atoms with Crippen molar-refractivity contribution in [1.29, 1.82) is 0 Å². The first-order chi connectivity index (χ1) is 13.6. The van der Waals surface area contributed by atoms with E-state index in [4.69, 9.17) is 14.2 Å². The summed E-state index contributed by atoms with van der Waals surface area (Å²) in [6.45, 7) is 4.98. The van der Waals surface area contributed by atoms with Crippen molar-refractivity contribution in [3.8, 4) is 17.2 Å². The Morgan fingerprint density at radius 3 is 2.86 bits per heavy atom. The van der Waals surface area contributed by atoms with Crippen molar-refractivity contribution in [3.05, 3.63) is 52.6 Å². The number of nitrogens with one attached hydrogen (secondary N) is 1. The number of fused-ring (bicyclic) bond motifs is 2. The standard InChI is InChI=1S/C23H27NO4/c1-3-26-21-11-18-9-15(2)28-22(18)12-19(21)13-24-23(25)14-27-20-8-7-16-5-4-6-17(16)10-20/h7-8,10-12,15H,3-6,9,13-14H2,1-2H3,(H,24,25)/t15-/m0/s1. The SMILES string of the molecule is CCOc1cc2c(cc1CNC(=O)COc1ccc3c(c1)CCC3)O[C@@H](C)C2. The Hall–Kier alpha value is -2.69. The second kappa shape index (κ2) is 8.13. The molecular weight excluding hydrogens is 354 g/mol. The summed E-state index contributed by atoms with van der Waals surface area (Å²) in [5.41, 5.74) is 4.81. The number of aryl methyl sites for hydroxylation is 2. The molecule has 1 heterocycles. The molecule has 1 amide bonds. The molecule has 0 radical (unpaired) electrons. The normalized spacial score (nSPS) is 16.9. The Labute approximate surface area is 166 Å². The van der Waals surface area contributed by atoms with Gasteiger partial charge in [0.25, 0.3) is 5.91 Å². The molecule has 1 aliphatic heterocycles. The third kappa shape index (κ3) is 4.08. The number of amides is 1. The predicted molar refractivity (Wildman–Crippen MR) is 107 cm³/mol. The van der Waals surface area contributed by atoms with E-state index in [2.05, 4.69) is 24.4 Å². The maximum Gasteiger partial charge on any atom is 0.258 e. The molecule has 2 aromatic rings. The van der Waals surface area contributed by atoms with Gasteiger partial charge in [-0.3, -0.25) is 4.79 Å². The van der Waals surface area contributed by atoms with Crippen LogP contribution in [-0.4, -0.2) is 25.2 Å². The fourth-order valence-corrected chi connectivity index (χ4v) is 3.94. The highest BCUT2D eigenvalue weighted by Crippen LogP contribution is 2.35. The Balaban J connectivity index is 1.35. The van der Waals surface area contributed by atoms with E-state index < -0.39 is 0 Å². The van der Waals surface area contributed by atoms with Gasteiger partial charge in [0.1, 0.15) is 23.4 Å². The topological polar surface area (TPSA) is 56.8 Å². The number of rotatable bonds is 7. The summed E-state index contributed by atoms with van der Waals surface area (Å²) in [6.07, 6.45) is 4.50. The molecule has 4 rings (SSSR count). The van der Waals surface area contributed by atoms with Crippen molar-refractivity contribution in [2.45, 2.75) is 52.2 Å². The molecule has 0 saturated carbocycles. The van der Waals surface area contributed by atoms with Crippen LogP contribution in [0.15, 0.2) is 30.3 Å². The molecule has 0 saturated heterocycles. The van der Waals surface area contributed by atoms with Crippen molar-refractivity contribution < 1.29 is 19.0 Å². The minimum Gasteiger partial charge on any atom is -0.494 e. The van der Waals surface area contributed by atoms with E-state index in [0.29, 0.717) is 13.2 Å². The van der Waals surface area contributed by atoms with Crippen LogP contribution in [0.1, 0.15) is 42.5 Å². The minimum absolute atomic E-state index is 0.00122. The van der Waals surface area contributed by atoms with Crippen LogP contribution in [0.25, 0.3) is 0 Å². The fourth-order valence-electron chi connectivity index (χ4n) is 3.94. The fraction of sp³-hybridized carbons (Fsp3) is 0.435. The maximum atomic E-state index is 12.3. The van der Waals surface area contributed by atoms with Crippen LogP contribution in [0, 0.1) is 0 Å². The van der Waals surface area contributed by atoms with Crippen LogP contribution in [0.5, 0.6) is 17.2 Å². The van der Waals surface area contributed by atoms with Gasteiger partial charge in [-0.2, -0.15) is 0 Å². The Bertz CT molecular complexity index is 877. The minimum atomic E-state index is -0.155. The van der Waals surface area contributed by atoms with Crippen molar-refractivity contribution in [1.82, 2.24) is 5.32 Å². The number of carbonyl (C=O) groups excluding carboxylic acids is 1. The molecule has 2 aromatic carbocycles. The second-order valence-corrected chi connectivity index (χ2v) is 7.48. The van der Waals surface area contributed by atoms with E-state index in [1.54, 1.807) is 0 Å². The van der Waals surface area contributed by atoms with Crippen LogP contribution < -0.4 is 19.5 Å². The van der Waals surface area contributed by atoms with E-state index >= 15 is 0 Å². The molecule has 0 bridgehead atoms. The molecule has 5 heteroatoms. The summed E-state index contributed by atoms with van der Waals surface area (Å²) in [7, 11) is 0. The summed E-state index contributed by atoms with van der Waals surface area (Å²) in [4.78, 5) is 12.3. The van der Waals surface area contributed by atoms with Gasteiger partial charge in [0.05, 0.1) is 6.61 Å². The van der Waals surface area contributed by atoms with Crippen LogP contribution >= 0.6 is 0 Å². The van der Waals surface area contributed by atoms with Gasteiger partial charge in [-0.15, -0.1) is 0 Å². The smallest absolute Gasteiger partial charge is 0.258 e. The lowest BCUT2D eigenvalue weighted by Gasteiger charge is -2.14. The largest absolute Gasteiger partial charge is 0.494 e. The molecule has 148 valence electrons. The van der Waals surface area contributed by atoms with Crippen LogP contribution in [-0.2, 0) is 30.6 Å². The number of ether oxygens (including phenoxy) is 3. The highest BCUT2D eigenvalue weighted by molar-refractivity contribution is 5.77. The predicted octanol–water partition coefficient (Wildman–Crippen LogP) is 3.59. The lowest BCUT2D eigenvalue weighted by molar-refractivity contribution is -0.123. The lowest BCUT2D eigenvalue weighted by Crippen LogP contribution is -2.28. The van der Waals surface area contributed by atoms with Gasteiger partial charge >= 0.3 is 0 Å². The molecule has 1 atom stereocenters. The van der Waals surface area contributed by atoms with Gasteiger partial charge in [-0.1, -0.05) is 6.07 Å². The summed E-state index contributed by atoms with van der Waals surface area (Å²) < 4.78 is 17.3. The molecule has 0 unspecified atom stereocenters. The van der Waals surface area contributed by atoms with Gasteiger partial charge in [-0.25, -0.2) is 0 Å². The highest BCUT2D eigenvalue weighted by atomic mass is 16.5. The number of hydrogen-bond acceptors (Lipinski definition) is 4. The zero-order chi connectivity index (χ0) is 19.5. The van der Waals surface area contributed by atoms with Crippen LogP contribution in [0.3, 0.4) is 0 Å². The molecule has 0 spiro atoms. The first kappa shape index (κ1) is 18.7. The molecule has 0 fully saturated rings. The zero-order valence-electron chi connectivity index (χ0n) is 16.5. The number of benzene rings is 2. The maximum absolute atomic E-state index is 12.3. The average molecular weight is 381 g/mol. The summed E-state index contributed by atoms with van der Waals surface area (Å²) in [5, 5.41) is 2.92.